The smallest absolute Gasteiger partial charge is 0.238 e. The molecule has 1 atom stereocenters. The van der Waals surface area contributed by atoms with Crippen molar-refractivity contribution in [2.24, 2.45) is 5.73 Å². The van der Waals surface area contributed by atoms with Gasteiger partial charge in [-0.15, -0.1) is 12.4 Å². The molecular formula is C15H21ClN4O2S. The number of nitrogens with two attached hydrogens (primary N) is 1. The Morgan fingerprint density at radius 1 is 1.39 bits per heavy atom. The van der Waals surface area contributed by atoms with E-state index in [1.165, 1.54) is 6.39 Å². The van der Waals surface area contributed by atoms with E-state index in [0.29, 0.717) is 12.4 Å². The topological polar surface area (TPSA) is 94.0 Å². The standard InChI is InChI=1S/C15H20N4O2S.ClH/c1-15(2,22-3)12(16)14(20)17-8-10-4-6-11(7-5-10)13-18-9-21-19-13;/h4-7,9,12H,8,16H2,1-3H3,(H,17,20);1H/t12-;/m1./s1. The van der Waals surface area contributed by atoms with Crippen molar-refractivity contribution in [2.75, 3.05) is 6.26 Å². The summed E-state index contributed by atoms with van der Waals surface area (Å²) in [6, 6.07) is 7.05. The monoisotopic (exact) mass is 356 g/mol. The Bertz CT molecular complexity index is 617. The molecule has 23 heavy (non-hydrogen) atoms. The van der Waals surface area contributed by atoms with Gasteiger partial charge in [0.1, 0.15) is 0 Å². The normalized spacial score (nSPS) is 12.3. The zero-order valence-corrected chi connectivity index (χ0v) is 14.9. The van der Waals surface area contributed by atoms with Gasteiger partial charge in [0, 0.05) is 16.9 Å². The van der Waals surface area contributed by atoms with Crippen molar-refractivity contribution in [3.63, 3.8) is 0 Å². The third kappa shape index (κ3) is 4.95. The summed E-state index contributed by atoms with van der Waals surface area (Å²) in [7, 11) is 0. The highest BCUT2D eigenvalue weighted by molar-refractivity contribution is 8.00. The summed E-state index contributed by atoms with van der Waals surface area (Å²) in [5.41, 5.74) is 7.84. The number of nitrogens with one attached hydrogen (secondary N) is 1. The Morgan fingerprint density at radius 2 is 2.04 bits per heavy atom. The Balaban J connectivity index is 0.00000264. The summed E-state index contributed by atoms with van der Waals surface area (Å²) in [6.45, 7) is 4.35. The largest absolute Gasteiger partial charge is 0.351 e. The molecule has 0 aliphatic rings. The average Bonchev–Trinajstić information content (AvgIpc) is 3.06. The highest BCUT2D eigenvalue weighted by Crippen LogP contribution is 2.24. The number of nitrogens with zero attached hydrogens (tertiary/aromatic N) is 2. The first kappa shape index (κ1) is 19.5. The summed E-state index contributed by atoms with van der Waals surface area (Å²) in [5.74, 6) is 0.390. The van der Waals surface area contributed by atoms with Crippen LogP contribution >= 0.6 is 24.2 Å². The van der Waals surface area contributed by atoms with Gasteiger partial charge in [-0.05, 0) is 25.7 Å². The van der Waals surface area contributed by atoms with Crippen molar-refractivity contribution in [1.29, 1.82) is 0 Å². The van der Waals surface area contributed by atoms with Crippen molar-refractivity contribution in [1.82, 2.24) is 15.5 Å². The third-order valence-corrected chi connectivity index (χ3v) is 4.90. The molecule has 126 valence electrons. The Morgan fingerprint density at radius 3 is 2.57 bits per heavy atom. The van der Waals surface area contributed by atoms with E-state index in [9.17, 15) is 4.79 Å². The number of benzene rings is 1. The number of hydrogen-bond donors (Lipinski definition) is 2. The van der Waals surface area contributed by atoms with Gasteiger partial charge in [-0.2, -0.15) is 16.7 Å². The van der Waals surface area contributed by atoms with Crippen LogP contribution in [0.5, 0.6) is 0 Å². The summed E-state index contributed by atoms with van der Waals surface area (Å²) in [5, 5.41) is 6.64. The number of amides is 1. The molecule has 0 saturated carbocycles. The molecule has 0 bridgehead atoms. The minimum Gasteiger partial charge on any atom is -0.351 e. The molecule has 0 radical (unpaired) electrons. The lowest BCUT2D eigenvalue weighted by atomic mass is 10.0. The van der Waals surface area contributed by atoms with E-state index in [1.54, 1.807) is 11.8 Å². The van der Waals surface area contributed by atoms with Crippen LogP contribution in [0, 0.1) is 0 Å². The zero-order chi connectivity index (χ0) is 16.2. The molecule has 2 aromatic rings. The number of carbonyl (C=O) groups excluding carboxylic acids is 1. The molecule has 1 aromatic carbocycles. The molecule has 0 fully saturated rings. The number of rotatable bonds is 6. The third-order valence-electron chi connectivity index (χ3n) is 3.60. The predicted molar refractivity (Wildman–Crippen MR) is 94.4 cm³/mol. The van der Waals surface area contributed by atoms with Crippen LogP contribution in [-0.4, -0.2) is 33.1 Å². The van der Waals surface area contributed by atoms with Crippen LogP contribution in [0.3, 0.4) is 0 Å². The summed E-state index contributed by atoms with van der Waals surface area (Å²) in [4.78, 5) is 16.1. The summed E-state index contributed by atoms with van der Waals surface area (Å²) in [6.07, 6.45) is 3.24. The van der Waals surface area contributed by atoms with Gasteiger partial charge in [0.15, 0.2) is 0 Å². The molecule has 2 rings (SSSR count). The van der Waals surface area contributed by atoms with E-state index in [2.05, 4.69) is 15.5 Å². The molecule has 0 saturated heterocycles. The second-order valence-corrected chi connectivity index (χ2v) is 6.92. The van der Waals surface area contributed by atoms with Crippen LogP contribution in [0.25, 0.3) is 11.4 Å². The fourth-order valence-corrected chi connectivity index (χ4v) is 2.17. The number of halogens is 1. The number of hydrogen-bond acceptors (Lipinski definition) is 6. The number of carbonyl (C=O) groups is 1. The first-order valence-corrected chi connectivity index (χ1v) is 8.10. The van der Waals surface area contributed by atoms with Crippen molar-refractivity contribution in [2.45, 2.75) is 31.2 Å². The van der Waals surface area contributed by atoms with Crippen LogP contribution in [0.4, 0.5) is 0 Å². The van der Waals surface area contributed by atoms with Gasteiger partial charge in [0.2, 0.25) is 18.1 Å². The maximum absolute atomic E-state index is 12.1. The van der Waals surface area contributed by atoms with Gasteiger partial charge in [-0.25, -0.2) is 0 Å². The average molecular weight is 357 g/mol. The van der Waals surface area contributed by atoms with Crippen molar-refractivity contribution >= 4 is 30.1 Å². The predicted octanol–water partition coefficient (Wildman–Crippen LogP) is 2.24. The lowest BCUT2D eigenvalue weighted by molar-refractivity contribution is -0.123. The van der Waals surface area contributed by atoms with Crippen molar-refractivity contribution < 1.29 is 9.32 Å². The molecule has 1 heterocycles. The van der Waals surface area contributed by atoms with E-state index in [0.717, 1.165) is 11.1 Å². The first-order chi connectivity index (χ1) is 10.4. The fourth-order valence-electron chi connectivity index (χ4n) is 1.81. The maximum atomic E-state index is 12.1. The molecule has 8 heteroatoms. The molecule has 0 unspecified atom stereocenters. The van der Waals surface area contributed by atoms with Gasteiger partial charge in [0.25, 0.3) is 0 Å². The van der Waals surface area contributed by atoms with E-state index in [1.807, 2.05) is 44.4 Å². The molecule has 0 spiro atoms. The van der Waals surface area contributed by atoms with Crippen LogP contribution in [0.2, 0.25) is 0 Å². The maximum Gasteiger partial charge on any atom is 0.238 e. The quantitative estimate of drug-likeness (QED) is 0.824. The summed E-state index contributed by atoms with van der Waals surface area (Å²) >= 11 is 1.58. The Kier molecular flexibility index (Phi) is 7.05. The van der Waals surface area contributed by atoms with E-state index >= 15 is 0 Å². The first-order valence-electron chi connectivity index (χ1n) is 6.88. The van der Waals surface area contributed by atoms with E-state index < -0.39 is 6.04 Å². The van der Waals surface area contributed by atoms with Crippen LogP contribution in [0.15, 0.2) is 35.2 Å². The van der Waals surface area contributed by atoms with E-state index in [4.69, 9.17) is 10.3 Å². The molecule has 1 amide bonds. The lowest BCUT2D eigenvalue weighted by Gasteiger charge is -2.28. The summed E-state index contributed by atoms with van der Waals surface area (Å²) < 4.78 is 4.41. The van der Waals surface area contributed by atoms with Gasteiger partial charge >= 0.3 is 0 Å². The fraction of sp³-hybridized carbons (Fsp3) is 0.400. The number of thioether (sulfide) groups is 1. The van der Waals surface area contributed by atoms with Crippen LogP contribution in [-0.2, 0) is 11.3 Å². The zero-order valence-electron chi connectivity index (χ0n) is 13.3. The van der Waals surface area contributed by atoms with Crippen molar-refractivity contribution in [3.05, 3.63) is 36.2 Å². The SMILES string of the molecule is CSC(C)(C)[C@H](N)C(=O)NCc1ccc(-c2ncon2)cc1.Cl. The second-order valence-electron chi connectivity index (χ2n) is 5.45. The molecule has 6 nitrogen and oxygen atoms in total. The molecule has 0 aliphatic heterocycles. The minimum atomic E-state index is -0.555. The van der Waals surface area contributed by atoms with Crippen LogP contribution < -0.4 is 11.1 Å². The van der Waals surface area contributed by atoms with E-state index in [-0.39, 0.29) is 23.1 Å². The number of aromatic nitrogens is 2. The molecular weight excluding hydrogens is 336 g/mol. The lowest BCUT2D eigenvalue weighted by Crippen LogP contribution is -2.51. The molecule has 3 N–H and O–H groups in total. The Labute approximate surface area is 146 Å². The van der Waals surface area contributed by atoms with Gasteiger partial charge in [-0.1, -0.05) is 29.4 Å². The van der Waals surface area contributed by atoms with Crippen LogP contribution in [0.1, 0.15) is 19.4 Å². The minimum absolute atomic E-state index is 0. The second kappa shape index (κ2) is 8.33. The highest BCUT2D eigenvalue weighted by Gasteiger charge is 2.30. The molecule has 1 aromatic heterocycles. The van der Waals surface area contributed by atoms with Gasteiger partial charge in [-0.3, -0.25) is 4.79 Å². The van der Waals surface area contributed by atoms with Crippen molar-refractivity contribution in [3.8, 4) is 11.4 Å². The Hall–Kier alpha value is -1.57. The van der Waals surface area contributed by atoms with Gasteiger partial charge < -0.3 is 15.6 Å². The highest BCUT2D eigenvalue weighted by atomic mass is 35.5. The molecule has 0 aliphatic carbocycles. The van der Waals surface area contributed by atoms with Gasteiger partial charge in [0.05, 0.1) is 6.04 Å².